The predicted octanol–water partition coefficient (Wildman–Crippen LogP) is 7.66. The van der Waals surface area contributed by atoms with E-state index in [0.717, 1.165) is 4.68 Å². The van der Waals surface area contributed by atoms with Gasteiger partial charge in [0.1, 0.15) is 11.2 Å². The van der Waals surface area contributed by atoms with E-state index in [1.807, 2.05) is 12.1 Å². The number of nitro groups is 1. The summed E-state index contributed by atoms with van der Waals surface area (Å²) in [6, 6.07) is 30.6. The van der Waals surface area contributed by atoms with E-state index >= 15 is 0 Å². The molecule has 0 bridgehead atoms. The van der Waals surface area contributed by atoms with Crippen LogP contribution in [0.3, 0.4) is 0 Å². The number of rotatable bonds is 10. The van der Waals surface area contributed by atoms with Crippen LogP contribution in [0.5, 0.6) is 0 Å². The molecule has 2 N–H and O–H groups in total. The van der Waals surface area contributed by atoms with Gasteiger partial charge in [-0.25, -0.2) is 9.82 Å². The summed E-state index contributed by atoms with van der Waals surface area (Å²) >= 11 is 14.1. The van der Waals surface area contributed by atoms with Crippen LogP contribution in [0.4, 0.5) is 22.7 Å². The zero-order chi connectivity index (χ0) is 36.6. The molecule has 1 atom stereocenters. The Morgan fingerprint density at radius 1 is 0.885 bits per heavy atom. The number of benzene rings is 5. The highest BCUT2D eigenvalue weighted by atomic mass is 35.5. The standard InChI is InChI=1S/C36H26Cl2N6O6S2/c37-28-11-6-12-29(38)34(28)40-30-13-3-1-7-22(30)20-32-39-31-14-4-2-10-27(31)35(46)43(32)41-52(49,50)26-17-15-24(16-18-26)42-33(45)21-51-36(42)23-8-5-9-25(19-23)44(47)48/h1-19,36,40-41H,20-21H2. The number of anilines is 3. The summed E-state index contributed by atoms with van der Waals surface area (Å²) in [6.07, 6.45) is 0.0283. The van der Waals surface area contributed by atoms with Crippen molar-refractivity contribution in [1.82, 2.24) is 9.66 Å². The van der Waals surface area contributed by atoms with Crippen LogP contribution in [-0.4, -0.2) is 34.7 Å². The molecule has 0 saturated carbocycles. The summed E-state index contributed by atoms with van der Waals surface area (Å²) in [5.41, 5.74) is 2.38. The van der Waals surface area contributed by atoms with E-state index in [0.29, 0.717) is 43.8 Å². The number of nitrogens with one attached hydrogen (secondary N) is 2. The number of aromatic nitrogens is 2. The normalized spacial score (nSPS) is 14.5. The molecule has 1 aromatic heterocycles. The van der Waals surface area contributed by atoms with Gasteiger partial charge in [0.05, 0.1) is 42.2 Å². The lowest BCUT2D eigenvalue weighted by molar-refractivity contribution is -0.384. The molecule has 16 heteroatoms. The van der Waals surface area contributed by atoms with Gasteiger partial charge in [-0.05, 0) is 65.7 Å². The van der Waals surface area contributed by atoms with E-state index in [4.69, 9.17) is 23.2 Å². The van der Waals surface area contributed by atoms with Gasteiger partial charge in [0, 0.05) is 29.9 Å². The first-order chi connectivity index (χ1) is 25.0. The number of carbonyl (C=O) groups excluding carboxylic acids is 1. The van der Waals surface area contributed by atoms with Crippen LogP contribution in [0.2, 0.25) is 10.0 Å². The third kappa shape index (κ3) is 6.93. The number of hydrogen-bond donors (Lipinski definition) is 2. The number of sulfonamides is 1. The molecule has 0 spiro atoms. The van der Waals surface area contributed by atoms with Crippen molar-refractivity contribution in [3.8, 4) is 0 Å². The average molecular weight is 774 g/mol. The molecule has 2 heterocycles. The predicted molar refractivity (Wildman–Crippen MR) is 204 cm³/mol. The Morgan fingerprint density at radius 3 is 2.33 bits per heavy atom. The maximum absolute atomic E-state index is 13.9. The van der Waals surface area contributed by atoms with Gasteiger partial charge in [-0.2, -0.15) is 13.1 Å². The van der Waals surface area contributed by atoms with E-state index in [9.17, 15) is 28.1 Å². The van der Waals surface area contributed by atoms with Gasteiger partial charge in [-0.1, -0.05) is 71.7 Å². The molecule has 1 amide bonds. The average Bonchev–Trinajstić information content (AvgIpc) is 3.53. The number of halogens is 2. The Labute approximate surface area is 311 Å². The molecule has 1 aliphatic heterocycles. The molecule has 0 radical (unpaired) electrons. The van der Waals surface area contributed by atoms with Crippen LogP contribution in [0.1, 0.15) is 22.3 Å². The lowest BCUT2D eigenvalue weighted by Gasteiger charge is -2.24. The number of fused-ring (bicyclic) bond motifs is 1. The van der Waals surface area contributed by atoms with Crippen LogP contribution in [-0.2, 0) is 21.2 Å². The fraction of sp³-hybridized carbons (Fsp3) is 0.0833. The molecular formula is C36H26Cl2N6O6S2. The Hall–Kier alpha value is -5.41. The summed E-state index contributed by atoms with van der Waals surface area (Å²) in [7, 11) is -4.38. The van der Waals surface area contributed by atoms with Crippen molar-refractivity contribution in [1.29, 1.82) is 0 Å². The van der Waals surface area contributed by atoms with Gasteiger partial charge < -0.3 is 5.32 Å². The summed E-state index contributed by atoms with van der Waals surface area (Å²) in [4.78, 5) is 46.1. The highest BCUT2D eigenvalue weighted by Gasteiger charge is 2.35. The summed E-state index contributed by atoms with van der Waals surface area (Å²) in [5, 5.41) is 15.1. The Bertz CT molecular complexity index is 2530. The highest BCUT2D eigenvalue weighted by molar-refractivity contribution is 8.00. The minimum atomic E-state index is -4.38. The quantitative estimate of drug-likeness (QED) is 0.105. The molecule has 262 valence electrons. The summed E-state index contributed by atoms with van der Waals surface area (Å²) < 4.78 is 28.7. The molecule has 1 unspecified atom stereocenters. The van der Waals surface area contributed by atoms with E-state index in [1.165, 1.54) is 53.1 Å². The van der Waals surface area contributed by atoms with Gasteiger partial charge in [0.15, 0.2) is 0 Å². The van der Waals surface area contributed by atoms with Crippen molar-refractivity contribution in [2.75, 3.05) is 20.8 Å². The van der Waals surface area contributed by atoms with Crippen molar-refractivity contribution in [3.63, 3.8) is 0 Å². The maximum Gasteiger partial charge on any atom is 0.280 e. The van der Waals surface area contributed by atoms with E-state index in [-0.39, 0.29) is 39.9 Å². The van der Waals surface area contributed by atoms with Crippen LogP contribution in [0.15, 0.2) is 125 Å². The maximum atomic E-state index is 13.9. The van der Waals surface area contributed by atoms with Crippen molar-refractivity contribution in [3.05, 3.63) is 163 Å². The lowest BCUT2D eigenvalue weighted by Crippen LogP contribution is -2.36. The number of amides is 1. The molecule has 12 nitrogen and oxygen atoms in total. The number of thioether (sulfide) groups is 1. The number of carbonyl (C=O) groups is 1. The first-order valence-electron chi connectivity index (χ1n) is 15.6. The first-order valence-corrected chi connectivity index (χ1v) is 18.9. The monoisotopic (exact) mass is 772 g/mol. The van der Waals surface area contributed by atoms with Crippen molar-refractivity contribution in [2.24, 2.45) is 0 Å². The van der Waals surface area contributed by atoms with Crippen LogP contribution < -0.4 is 20.6 Å². The third-order valence-corrected chi connectivity index (χ3v) is 11.5. The molecule has 1 fully saturated rings. The summed E-state index contributed by atoms with van der Waals surface area (Å²) in [6.45, 7) is 0. The second kappa shape index (κ2) is 14.3. The second-order valence-corrected chi connectivity index (χ2v) is 15.2. The molecule has 7 rings (SSSR count). The Morgan fingerprint density at radius 2 is 1.58 bits per heavy atom. The van der Waals surface area contributed by atoms with E-state index in [2.05, 4.69) is 15.1 Å². The Balaban J connectivity index is 1.21. The highest BCUT2D eigenvalue weighted by Crippen LogP contribution is 2.42. The minimum absolute atomic E-state index is 0.0283. The Kier molecular flexibility index (Phi) is 9.63. The zero-order valence-electron chi connectivity index (χ0n) is 26.8. The van der Waals surface area contributed by atoms with E-state index < -0.39 is 25.9 Å². The molecular weight excluding hydrogens is 747 g/mol. The number of hydrogen-bond acceptors (Lipinski definition) is 9. The fourth-order valence-corrected chi connectivity index (χ4v) is 8.50. The number of nitro benzene ring substituents is 1. The first kappa shape index (κ1) is 35.0. The number of nitrogens with zero attached hydrogens (tertiary/aromatic N) is 4. The smallest absolute Gasteiger partial charge is 0.280 e. The van der Waals surface area contributed by atoms with Crippen LogP contribution in [0, 0.1) is 10.1 Å². The molecule has 5 aromatic carbocycles. The lowest BCUT2D eigenvalue weighted by atomic mass is 10.1. The van der Waals surface area contributed by atoms with Gasteiger partial charge in [0.25, 0.3) is 21.3 Å². The zero-order valence-corrected chi connectivity index (χ0v) is 29.9. The molecule has 0 aliphatic carbocycles. The van der Waals surface area contributed by atoms with Gasteiger partial charge in [-0.15, -0.1) is 11.8 Å². The van der Waals surface area contributed by atoms with Crippen LogP contribution >= 0.6 is 35.0 Å². The van der Waals surface area contributed by atoms with E-state index in [1.54, 1.807) is 66.7 Å². The molecule has 1 saturated heterocycles. The van der Waals surface area contributed by atoms with Gasteiger partial charge >= 0.3 is 0 Å². The van der Waals surface area contributed by atoms with Crippen molar-refractivity contribution < 1.29 is 18.1 Å². The van der Waals surface area contributed by atoms with Gasteiger partial charge in [-0.3, -0.25) is 24.6 Å². The van der Waals surface area contributed by atoms with Crippen molar-refractivity contribution >= 4 is 84.5 Å². The topological polar surface area (TPSA) is 157 Å². The summed E-state index contributed by atoms with van der Waals surface area (Å²) in [5.74, 6) is 0.0165. The number of non-ortho nitro benzene ring substituents is 1. The van der Waals surface area contributed by atoms with Crippen molar-refractivity contribution in [2.45, 2.75) is 16.7 Å². The minimum Gasteiger partial charge on any atom is -0.353 e. The third-order valence-electron chi connectivity index (χ3n) is 8.30. The molecule has 1 aliphatic rings. The van der Waals surface area contributed by atoms with Crippen LogP contribution in [0.25, 0.3) is 10.9 Å². The fourth-order valence-electron chi connectivity index (χ4n) is 5.81. The van der Waals surface area contributed by atoms with Gasteiger partial charge in [0.2, 0.25) is 5.91 Å². The largest absolute Gasteiger partial charge is 0.353 e. The SMILES string of the molecule is O=C1CSC(c2cccc([N+](=O)[O-])c2)N1c1ccc(S(=O)(=O)Nn2c(Cc3ccccc3Nc3c(Cl)cccc3Cl)nc3ccccc3c2=O)cc1. The second-order valence-electron chi connectivity index (χ2n) is 11.6. The molecule has 52 heavy (non-hydrogen) atoms. The molecule has 6 aromatic rings. The number of para-hydroxylation sites is 3.